The van der Waals surface area contributed by atoms with Crippen LogP contribution in [0.4, 0.5) is 10.5 Å². The number of amides is 2. The summed E-state index contributed by atoms with van der Waals surface area (Å²) in [5.74, 6) is -1.06. The summed E-state index contributed by atoms with van der Waals surface area (Å²) in [7, 11) is -3.04. The summed E-state index contributed by atoms with van der Waals surface area (Å²) in [4.78, 5) is 22.6. The maximum absolute atomic E-state index is 11.7. The number of aromatic carboxylic acids is 1. The second-order valence-corrected chi connectivity index (χ2v) is 6.91. The Hall–Kier alpha value is -2.09. The molecule has 0 spiro atoms. The summed E-state index contributed by atoms with van der Waals surface area (Å²) in [5.41, 5.74) is 0.969. The first-order valence-corrected chi connectivity index (χ1v) is 8.32. The molecule has 0 aliphatic carbocycles. The highest BCUT2D eigenvalue weighted by Crippen LogP contribution is 2.18. The summed E-state index contributed by atoms with van der Waals surface area (Å²) in [6.45, 7) is 1.82. The standard InChI is InChI=1S/C13H18N2O5S/c1-9-10(12(16)17)5-3-6-11(9)15-13(18)14-7-4-8-21(2,19)20/h3,5-6H,4,7-8H2,1-2H3,(H,16,17)(H2,14,15,18). The molecule has 0 aliphatic rings. The van der Waals surface area contributed by atoms with E-state index >= 15 is 0 Å². The van der Waals surface area contributed by atoms with Crippen LogP contribution in [0.25, 0.3) is 0 Å². The number of carbonyl (C=O) groups is 2. The molecule has 2 amide bonds. The van der Waals surface area contributed by atoms with E-state index in [-0.39, 0.29) is 17.9 Å². The molecule has 0 bridgehead atoms. The minimum atomic E-state index is -3.04. The quantitative estimate of drug-likeness (QED) is 0.684. The number of hydrogen-bond acceptors (Lipinski definition) is 4. The van der Waals surface area contributed by atoms with E-state index in [4.69, 9.17) is 5.11 Å². The van der Waals surface area contributed by atoms with E-state index in [1.54, 1.807) is 13.0 Å². The Morgan fingerprint density at radius 1 is 1.29 bits per heavy atom. The Bertz CT molecular complexity index is 640. The number of sulfone groups is 1. The van der Waals surface area contributed by atoms with Gasteiger partial charge in [0.05, 0.1) is 11.3 Å². The van der Waals surface area contributed by atoms with Crippen LogP contribution in [0.15, 0.2) is 18.2 Å². The molecule has 1 rings (SSSR count). The van der Waals surface area contributed by atoms with E-state index in [0.717, 1.165) is 6.26 Å². The van der Waals surface area contributed by atoms with Crippen molar-refractivity contribution in [1.29, 1.82) is 0 Å². The monoisotopic (exact) mass is 314 g/mol. The molecular formula is C13H18N2O5S. The fourth-order valence-electron chi connectivity index (χ4n) is 1.71. The van der Waals surface area contributed by atoms with Gasteiger partial charge in [-0.25, -0.2) is 18.0 Å². The van der Waals surface area contributed by atoms with Crippen molar-refractivity contribution in [2.75, 3.05) is 23.9 Å². The molecule has 0 fully saturated rings. The minimum Gasteiger partial charge on any atom is -0.478 e. The molecular weight excluding hydrogens is 296 g/mol. The molecule has 0 radical (unpaired) electrons. The number of carbonyl (C=O) groups excluding carboxylic acids is 1. The minimum absolute atomic E-state index is 0.000801. The molecule has 0 unspecified atom stereocenters. The van der Waals surface area contributed by atoms with Crippen LogP contribution in [0.1, 0.15) is 22.3 Å². The van der Waals surface area contributed by atoms with Gasteiger partial charge >= 0.3 is 12.0 Å². The summed E-state index contributed by atoms with van der Waals surface area (Å²) >= 11 is 0. The second-order valence-electron chi connectivity index (χ2n) is 4.65. The zero-order valence-electron chi connectivity index (χ0n) is 11.8. The summed E-state index contributed by atoms with van der Waals surface area (Å²) in [5, 5.41) is 14.0. The van der Waals surface area contributed by atoms with Gasteiger partial charge in [0.25, 0.3) is 0 Å². The van der Waals surface area contributed by atoms with E-state index in [0.29, 0.717) is 17.7 Å². The van der Waals surface area contributed by atoms with Gasteiger partial charge < -0.3 is 15.7 Å². The number of carboxylic acids is 1. The second kappa shape index (κ2) is 7.07. The molecule has 0 heterocycles. The molecule has 116 valence electrons. The maximum Gasteiger partial charge on any atom is 0.336 e. The number of benzene rings is 1. The van der Waals surface area contributed by atoms with Crippen molar-refractivity contribution in [2.24, 2.45) is 0 Å². The number of urea groups is 1. The van der Waals surface area contributed by atoms with Crippen LogP contribution in [-0.4, -0.2) is 44.1 Å². The van der Waals surface area contributed by atoms with E-state index in [9.17, 15) is 18.0 Å². The van der Waals surface area contributed by atoms with Gasteiger partial charge in [0.2, 0.25) is 0 Å². The van der Waals surface area contributed by atoms with Crippen LogP contribution < -0.4 is 10.6 Å². The first kappa shape index (κ1) is 17.0. The van der Waals surface area contributed by atoms with E-state index in [1.807, 2.05) is 0 Å². The zero-order chi connectivity index (χ0) is 16.0. The molecule has 3 N–H and O–H groups in total. The van der Waals surface area contributed by atoms with Crippen molar-refractivity contribution in [3.8, 4) is 0 Å². The van der Waals surface area contributed by atoms with E-state index in [1.165, 1.54) is 12.1 Å². The molecule has 0 aliphatic heterocycles. The predicted molar refractivity (Wildman–Crippen MR) is 79.5 cm³/mol. The van der Waals surface area contributed by atoms with Gasteiger partial charge in [-0.2, -0.15) is 0 Å². The normalized spacial score (nSPS) is 11.0. The van der Waals surface area contributed by atoms with E-state index in [2.05, 4.69) is 10.6 Å². The van der Waals surface area contributed by atoms with Crippen LogP contribution in [0.2, 0.25) is 0 Å². The predicted octanol–water partition coefficient (Wildman–Crippen LogP) is 1.25. The first-order chi connectivity index (χ1) is 9.70. The highest BCUT2D eigenvalue weighted by Gasteiger charge is 2.11. The molecule has 7 nitrogen and oxygen atoms in total. The topological polar surface area (TPSA) is 113 Å². The highest BCUT2D eigenvalue weighted by molar-refractivity contribution is 7.90. The molecule has 8 heteroatoms. The Balaban J connectivity index is 2.56. The molecule has 0 saturated heterocycles. The maximum atomic E-state index is 11.7. The van der Waals surface area contributed by atoms with Crippen LogP contribution in [0, 0.1) is 6.92 Å². The molecule has 0 atom stereocenters. The molecule has 21 heavy (non-hydrogen) atoms. The third kappa shape index (κ3) is 5.82. The van der Waals surface area contributed by atoms with Gasteiger partial charge in [-0.15, -0.1) is 0 Å². The molecule has 0 saturated carbocycles. The van der Waals surface area contributed by atoms with Gasteiger partial charge in [-0.3, -0.25) is 0 Å². The number of nitrogens with one attached hydrogen (secondary N) is 2. The lowest BCUT2D eigenvalue weighted by Gasteiger charge is -2.11. The molecule has 1 aromatic rings. The average Bonchev–Trinajstić information content (AvgIpc) is 2.36. The van der Waals surface area contributed by atoms with Crippen LogP contribution in [0.3, 0.4) is 0 Å². The third-order valence-electron chi connectivity index (χ3n) is 2.79. The Morgan fingerprint density at radius 2 is 1.95 bits per heavy atom. The summed E-state index contributed by atoms with van der Waals surface area (Å²) in [6.07, 6.45) is 1.45. The van der Waals surface area contributed by atoms with Gasteiger partial charge in [0.1, 0.15) is 9.84 Å². The van der Waals surface area contributed by atoms with Crippen LogP contribution in [-0.2, 0) is 9.84 Å². The smallest absolute Gasteiger partial charge is 0.336 e. The number of rotatable bonds is 6. The Kier molecular flexibility index (Phi) is 5.71. The number of carboxylic acid groups (broad SMARTS) is 1. The van der Waals surface area contributed by atoms with Gasteiger partial charge in [-0.05, 0) is 31.0 Å². The number of hydrogen-bond donors (Lipinski definition) is 3. The van der Waals surface area contributed by atoms with Gasteiger partial charge in [0, 0.05) is 18.5 Å². The highest BCUT2D eigenvalue weighted by atomic mass is 32.2. The summed E-state index contributed by atoms with van der Waals surface area (Å²) in [6, 6.07) is 4.08. The lowest BCUT2D eigenvalue weighted by Crippen LogP contribution is -2.30. The van der Waals surface area contributed by atoms with Crippen molar-refractivity contribution in [3.05, 3.63) is 29.3 Å². The van der Waals surface area contributed by atoms with Crippen molar-refractivity contribution < 1.29 is 23.1 Å². The summed E-state index contributed by atoms with van der Waals surface area (Å²) < 4.78 is 21.9. The Morgan fingerprint density at radius 3 is 2.52 bits per heavy atom. The Labute approximate surface area is 123 Å². The lowest BCUT2D eigenvalue weighted by molar-refractivity contribution is 0.0696. The fraction of sp³-hybridized carbons (Fsp3) is 0.385. The third-order valence-corrected chi connectivity index (χ3v) is 3.82. The zero-order valence-corrected chi connectivity index (χ0v) is 12.7. The van der Waals surface area contributed by atoms with Gasteiger partial charge in [-0.1, -0.05) is 6.07 Å². The van der Waals surface area contributed by atoms with Crippen molar-refractivity contribution in [2.45, 2.75) is 13.3 Å². The average molecular weight is 314 g/mol. The largest absolute Gasteiger partial charge is 0.478 e. The number of anilines is 1. The molecule has 1 aromatic carbocycles. The first-order valence-electron chi connectivity index (χ1n) is 6.26. The fourth-order valence-corrected chi connectivity index (χ4v) is 2.37. The lowest BCUT2D eigenvalue weighted by atomic mass is 10.1. The van der Waals surface area contributed by atoms with Crippen LogP contribution in [0.5, 0.6) is 0 Å². The van der Waals surface area contributed by atoms with E-state index < -0.39 is 21.8 Å². The van der Waals surface area contributed by atoms with Gasteiger partial charge in [0.15, 0.2) is 0 Å². The molecule has 0 aromatic heterocycles. The SMILES string of the molecule is Cc1c(NC(=O)NCCCS(C)(=O)=O)cccc1C(=O)O. The van der Waals surface area contributed by atoms with Crippen LogP contribution >= 0.6 is 0 Å². The van der Waals surface area contributed by atoms with Crippen molar-refractivity contribution in [1.82, 2.24) is 5.32 Å². The van der Waals surface area contributed by atoms with Crippen molar-refractivity contribution >= 4 is 27.5 Å². The van der Waals surface area contributed by atoms with Crippen molar-refractivity contribution in [3.63, 3.8) is 0 Å².